The Kier molecular flexibility index (Phi) is 7.69. The third-order valence-electron chi connectivity index (χ3n) is 6.01. The van der Waals surface area contributed by atoms with Gasteiger partial charge in [0.05, 0.1) is 18.6 Å². The normalized spacial score (nSPS) is 17.1. The Labute approximate surface area is 214 Å². The highest BCUT2D eigenvalue weighted by atomic mass is 32.2. The molecule has 4 rings (SSSR count). The molecule has 3 aromatic rings. The summed E-state index contributed by atoms with van der Waals surface area (Å²) in [5.74, 6) is 6.56. The average Bonchev–Trinajstić information content (AvgIpc) is 3.42. The Hall–Kier alpha value is -3.25. The van der Waals surface area contributed by atoms with Crippen LogP contribution in [0.4, 0.5) is 5.82 Å². The van der Waals surface area contributed by atoms with Crippen LogP contribution in [0.5, 0.6) is 5.75 Å². The smallest absolute Gasteiger partial charge is 0.266 e. The number of aliphatic hydroxyl groups is 1. The maximum Gasteiger partial charge on any atom is 0.266 e. The standard InChI is InChI=1S/C23H31N7O6S/c1-4-30-20-17(35-14-15-6-5-9-29(13-15)10-11-37(32,33)34)12-25-16(7-8-23(2,3)31)18(20)26-22(30)19-21(24)28-36-27-19/h12,15,31H,4-6,9-11,13-14H2,1-3H3,(H2,24,28)(H,32,33,34). The van der Waals surface area contributed by atoms with Crippen LogP contribution in [0.2, 0.25) is 0 Å². The fourth-order valence-corrected chi connectivity index (χ4v) is 4.79. The van der Waals surface area contributed by atoms with Crippen molar-refractivity contribution in [3.63, 3.8) is 0 Å². The number of fused-ring (bicyclic) bond motifs is 1. The summed E-state index contributed by atoms with van der Waals surface area (Å²) < 4.78 is 44.2. The van der Waals surface area contributed by atoms with Crippen LogP contribution in [0.25, 0.3) is 22.6 Å². The van der Waals surface area contributed by atoms with Crippen molar-refractivity contribution in [2.45, 2.75) is 45.8 Å². The zero-order valence-electron chi connectivity index (χ0n) is 21.0. The zero-order valence-corrected chi connectivity index (χ0v) is 21.8. The van der Waals surface area contributed by atoms with Crippen molar-refractivity contribution in [2.24, 2.45) is 5.92 Å². The minimum absolute atomic E-state index is 0.0942. The summed E-state index contributed by atoms with van der Waals surface area (Å²) in [5.41, 5.74) is 6.48. The number of hydrogen-bond acceptors (Lipinski definition) is 11. The lowest BCUT2D eigenvalue weighted by molar-refractivity contribution is 0.135. The Morgan fingerprint density at radius 3 is 2.78 bits per heavy atom. The number of likely N-dealkylation sites (tertiary alicyclic amines) is 1. The predicted octanol–water partition coefficient (Wildman–Crippen LogP) is 1.18. The molecule has 3 aromatic heterocycles. The first-order valence-corrected chi connectivity index (χ1v) is 13.6. The van der Waals surface area contributed by atoms with E-state index in [2.05, 4.69) is 27.1 Å². The summed E-state index contributed by atoms with van der Waals surface area (Å²) in [7, 11) is -4.01. The van der Waals surface area contributed by atoms with E-state index in [1.807, 2.05) is 16.4 Å². The monoisotopic (exact) mass is 533 g/mol. The van der Waals surface area contributed by atoms with E-state index < -0.39 is 15.7 Å². The molecule has 0 spiro atoms. The van der Waals surface area contributed by atoms with Gasteiger partial charge in [0, 0.05) is 25.6 Å². The number of aryl methyl sites for hydroxylation is 1. The van der Waals surface area contributed by atoms with Crippen LogP contribution in [-0.2, 0) is 16.7 Å². The van der Waals surface area contributed by atoms with Gasteiger partial charge in [-0.2, -0.15) is 8.42 Å². The van der Waals surface area contributed by atoms with E-state index in [1.54, 1.807) is 20.0 Å². The molecule has 4 N–H and O–H groups in total. The highest BCUT2D eigenvalue weighted by molar-refractivity contribution is 7.85. The fourth-order valence-electron chi connectivity index (χ4n) is 4.30. The molecule has 1 aliphatic rings. The van der Waals surface area contributed by atoms with Crippen LogP contribution in [0, 0.1) is 17.8 Å². The lowest BCUT2D eigenvalue weighted by Gasteiger charge is -2.32. The maximum atomic E-state index is 11.1. The summed E-state index contributed by atoms with van der Waals surface area (Å²) >= 11 is 0. The SMILES string of the molecule is CCn1c(-c2nonc2N)nc2c(C#CC(C)(C)O)ncc(OCC3CCCN(CCS(=O)(=O)O)C3)c21. The molecular weight excluding hydrogens is 502 g/mol. The van der Waals surface area contributed by atoms with Gasteiger partial charge in [-0.1, -0.05) is 5.92 Å². The van der Waals surface area contributed by atoms with Gasteiger partial charge in [-0.3, -0.25) is 4.55 Å². The molecule has 0 aromatic carbocycles. The first kappa shape index (κ1) is 26.8. The van der Waals surface area contributed by atoms with Gasteiger partial charge in [0.2, 0.25) is 0 Å². The van der Waals surface area contributed by atoms with Crippen molar-refractivity contribution in [3.05, 3.63) is 11.9 Å². The quantitative estimate of drug-likeness (QED) is 0.278. The number of anilines is 1. The fraction of sp³-hybridized carbons (Fsp3) is 0.565. The van der Waals surface area contributed by atoms with Crippen molar-refractivity contribution in [1.29, 1.82) is 0 Å². The topological polar surface area (TPSA) is 183 Å². The molecule has 0 amide bonds. The molecular formula is C23H31N7O6S. The third kappa shape index (κ3) is 6.55. The summed E-state index contributed by atoms with van der Waals surface area (Å²) in [6.45, 7) is 7.68. The first-order chi connectivity index (χ1) is 17.4. The molecule has 37 heavy (non-hydrogen) atoms. The lowest BCUT2D eigenvalue weighted by Crippen LogP contribution is -2.40. The number of imidazole rings is 1. The van der Waals surface area contributed by atoms with Crippen LogP contribution in [0.15, 0.2) is 10.8 Å². The number of hydrogen-bond donors (Lipinski definition) is 3. The molecule has 1 atom stereocenters. The van der Waals surface area contributed by atoms with E-state index in [9.17, 15) is 13.5 Å². The second-order valence-electron chi connectivity index (χ2n) is 9.56. The van der Waals surface area contributed by atoms with Gasteiger partial charge in [0.15, 0.2) is 23.1 Å². The van der Waals surface area contributed by atoms with Crippen LogP contribution < -0.4 is 10.5 Å². The van der Waals surface area contributed by atoms with E-state index in [0.717, 1.165) is 19.4 Å². The zero-order chi connectivity index (χ0) is 26.8. The van der Waals surface area contributed by atoms with E-state index in [1.165, 1.54) is 0 Å². The minimum atomic E-state index is -4.01. The van der Waals surface area contributed by atoms with Crippen molar-refractivity contribution in [1.82, 2.24) is 29.7 Å². The molecule has 0 aliphatic carbocycles. The summed E-state index contributed by atoms with van der Waals surface area (Å²) in [6.07, 6.45) is 3.40. The largest absolute Gasteiger partial charge is 0.489 e. The Morgan fingerprint density at radius 1 is 1.35 bits per heavy atom. The second-order valence-corrected chi connectivity index (χ2v) is 11.1. The van der Waals surface area contributed by atoms with Crippen molar-refractivity contribution >= 4 is 27.0 Å². The number of rotatable bonds is 8. The van der Waals surface area contributed by atoms with Gasteiger partial charge in [-0.05, 0) is 56.4 Å². The van der Waals surface area contributed by atoms with Crippen LogP contribution in [0.1, 0.15) is 39.3 Å². The molecule has 0 bridgehead atoms. The summed E-state index contributed by atoms with van der Waals surface area (Å²) in [6, 6.07) is 0. The highest BCUT2D eigenvalue weighted by Gasteiger charge is 2.25. The van der Waals surface area contributed by atoms with E-state index in [4.69, 9.17) is 24.6 Å². The van der Waals surface area contributed by atoms with Gasteiger partial charge in [-0.25, -0.2) is 14.6 Å². The third-order valence-corrected chi connectivity index (χ3v) is 6.71. The summed E-state index contributed by atoms with van der Waals surface area (Å²) in [5, 5.41) is 17.6. The summed E-state index contributed by atoms with van der Waals surface area (Å²) in [4.78, 5) is 11.2. The number of nitrogens with zero attached hydrogens (tertiary/aromatic N) is 6. The number of aromatic nitrogens is 5. The van der Waals surface area contributed by atoms with Crippen LogP contribution >= 0.6 is 0 Å². The Balaban J connectivity index is 1.66. The Morgan fingerprint density at radius 2 is 2.14 bits per heavy atom. The highest BCUT2D eigenvalue weighted by Crippen LogP contribution is 2.33. The van der Waals surface area contributed by atoms with E-state index in [-0.39, 0.29) is 29.7 Å². The van der Waals surface area contributed by atoms with Gasteiger partial charge < -0.3 is 25.0 Å². The van der Waals surface area contributed by atoms with Gasteiger partial charge in [0.25, 0.3) is 10.1 Å². The number of nitrogens with two attached hydrogens (primary N) is 1. The lowest BCUT2D eigenvalue weighted by atomic mass is 9.99. The maximum absolute atomic E-state index is 11.1. The van der Waals surface area contributed by atoms with E-state index >= 15 is 0 Å². The molecule has 4 heterocycles. The predicted molar refractivity (Wildman–Crippen MR) is 135 cm³/mol. The Bertz CT molecular complexity index is 1430. The van der Waals surface area contributed by atoms with Crippen molar-refractivity contribution in [3.8, 4) is 29.1 Å². The van der Waals surface area contributed by atoms with Gasteiger partial charge in [-0.15, -0.1) is 0 Å². The molecule has 0 radical (unpaired) electrons. The molecule has 0 saturated carbocycles. The van der Waals surface area contributed by atoms with Crippen molar-refractivity contribution < 1.29 is 27.4 Å². The number of ether oxygens (including phenoxy) is 1. The number of pyridine rings is 1. The molecule has 1 unspecified atom stereocenters. The van der Waals surface area contributed by atoms with Crippen molar-refractivity contribution in [2.75, 3.05) is 37.7 Å². The second kappa shape index (κ2) is 10.6. The van der Waals surface area contributed by atoms with Crippen LogP contribution in [0.3, 0.4) is 0 Å². The average molecular weight is 534 g/mol. The molecule has 200 valence electrons. The molecule has 1 fully saturated rings. The molecule has 1 aliphatic heterocycles. The first-order valence-electron chi connectivity index (χ1n) is 12.0. The number of nitrogen functional groups attached to an aromatic ring is 1. The molecule has 13 nitrogen and oxygen atoms in total. The van der Waals surface area contributed by atoms with Gasteiger partial charge >= 0.3 is 0 Å². The van der Waals surface area contributed by atoms with Crippen LogP contribution in [-0.4, -0.2) is 85.4 Å². The van der Waals surface area contributed by atoms with Gasteiger partial charge in [0.1, 0.15) is 22.3 Å². The van der Waals surface area contributed by atoms with E-state index in [0.29, 0.717) is 48.0 Å². The minimum Gasteiger partial charge on any atom is -0.489 e. The molecule has 1 saturated heterocycles. The number of piperidine rings is 1. The molecule has 14 heteroatoms.